The molecule has 154 valence electrons. The summed E-state index contributed by atoms with van der Waals surface area (Å²) in [7, 11) is 0. The highest BCUT2D eigenvalue weighted by Crippen LogP contribution is 2.17. The van der Waals surface area contributed by atoms with Crippen LogP contribution in [0.15, 0.2) is 48.5 Å². The Morgan fingerprint density at radius 1 is 1.00 bits per heavy atom. The molecule has 0 atom stereocenters. The molecule has 0 spiro atoms. The lowest BCUT2D eigenvalue weighted by molar-refractivity contribution is -0.145. The molecule has 30 heavy (non-hydrogen) atoms. The summed E-state index contributed by atoms with van der Waals surface area (Å²) in [6.07, 6.45) is -0.195. The van der Waals surface area contributed by atoms with Crippen LogP contribution in [0, 0.1) is 5.82 Å². The molecule has 2 aromatic carbocycles. The van der Waals surface area contributed by atoms with Crippen LogP contribution in [0.1, 0.15) is 29.0 Å². The van der Waals surface area contributed by atoms with Crippen LogP contribution in [-0.2, 0) is 16.1 Å². The summed E-state index contributed by atoms with van der Waals surface area (Å²) in [5.74, 6) is -1.03. The molecule has 0 radical (unpaired) electrons. The first kappa shape index (κ1) is 21.1. The van der Waals surface area contributed by atoms with Crippen LogP contribution in [0.3, 0.4) is 0 Å². The van der Waals surface area contributed by atoms with Gasteiger partial charge in [-0.15, -0.1) is 0 Å². The second-order valence-electron chi connectivity index (χ2n) is 6.16. The number of carbonyl (C=O) groups is 2. The van der Waals surface area contributed by atoms with E-state index in [0.29, 0.717) is 16.3 Å². The Hall–Kier alpha value is -3.59. The smallest absolute Gasteiger partial charge is 0.306 e. The van der Waals surface area contributed by atoms with Crippen LogP contribution in [0.5, 0.6) is 0 Å². The number of aromatic nitrogens is 3. The van der Waals surface area contributed by atoms with Gasteiger partial charge in [0.05, 0.1) is 6.42 Å². The highest BCUT2D eigenvalue weighted by atomic mass is 35.5. The third-order valence-electron chi connectivity index (χ3n) is 3.88. The molecule has 0 fully saturated rings. The van der Waals surface area contributed by atoms with Gasteiger partial charge in [-0.25, -0.2) is 4.39 Å². The van der Waals surface area contributed by atoms with E-state index in [0.717, 1.165) is 0 Å². The number of ether oxygens (including phenoxy) is 1. The predicted molar refractivity (Wildman–Crippen MR) is 109 cm³/mol. The van der Waals surface area contributed by atoms with Gasteiger partial charge in [0.1, 0.15) is 5.82 Å². The Morgan fingerprint density at radius 2 is 1.70 bits per heavy atom. The molecule has 3 rings (SSSR count). The van der Waals surface area contributed by atoms with E-state index in [-0.39, 0.29) is 43.0 Å². The number of nitrogen functional groups attached to an aromatic ring is 1. The molecule has 1 heterocycles. The minimum absolute atomic E-state index is 0.0426. The van der Waals surface area contributed by atoms with Gasteiger partial charge in [-0.3, -0.25) is 9.59 Å². The highest BCUT2D eigenvalue weighted by Gasteiger charge is 2.12. The number of anilines is 3. The number of ketones is 1. The van der Waals surface area contributed by atoms with E-state index in [1.54, 1.807) is 24.3 Å². The standard InChI is InChI=1S/C20H17ClFN5O3/c21-13-3-7-15(8-4-13)24-20-26-17(25-19(23)27-20)11-30-18(29)10-9-16(28)12-1-5-14(22)6-2-12/h1-8H,9-11H2,(H3,23,24,25,26,27). The molecule has 0 amide bonds. The van der Waals surface area contributed by atoms with Crippen LogP contribution < -0.4 is 11.1 Å². The number of nitrogens with two attached hydrogens (primary N) is 1. The lowest BCUT2D eigenvalue weighted by Gasteiger charge is -2.08. The van der Waals surface area contributed by atoms with E-state index in [4.69, 9.17) is 22.1 Å². The topological polar surface area (TPSA) is 120 Å². The molecule has 0 bridgehead atoms. The van der Waals surface area contributed by atoms with Crippen molar-refractivity contribution in [2.24, 2.45) is 0 Å². The summed E-state index contributed by atoms with van der Waals surface area (Å²) in [5.41, 5.74) is 6.70. The minimum Gasteiger partial charge on any atom is -0.457 e. The van der Waals surface area contributed by atoms with Gasteiger partial charge in [-0.2, -0.15) is 15.0 Å². The first-order chi connectivity index (χ1) is 14.4. The molecule has 3 N–H and O–H groups in total. The Labute approximate surface area is 176 Å². The summed E-state index contributed by atoms with van der Waals surface area (Å²) in [4.78, 5) is 36.0. The molecule has 0 aliphatic rings. The van der Waals surface area contributed by atoms with Crippen molar-refractivity contribution in [3.05, 3.63) is 70.8 Å². The molecule has 8 nitrogen and oxygen atoms in total. The zero-order valence-corrected chi connectivity index (χ0v) is 16.4. The SMILES string of the molecule is Nc1nc(COC(=O)CCC(=O)c2ccc(F)cc2)nc(Nc2ccc(Cl)cc2)n1. The van der Waals surface area contributed by atoms with Gasteiger partial charge in [0, 0.05) is 22.7 Å². The lowest BCUT2D eigenvalue weighted by atomic mass is 10.1. The van der Waals surface area contributed by atoms with Crippen molar-refractivity contribution in [1.82, 2.24) is 15.0 Å². The maximum Gasteiger partial charge on any atom is 0.306 e. The summed E-state index contributed by atoms with van der Waals surface area (Å²) in [6, 6.07) is 12.0. The fourth-order valence-corrected chi connectivity index (χ4v) is 2.56. The second kappa shape index (κ2) is 9.75. The minimum atomic E-state index is -0.600. The van der Waals surface area contributed by atoms with Crippen molar-refractivity contribution in [3.63, 3.8) is 0 Å². The van der Waals surface area contributed by atoms with Crippen molar-refractivity contribution in [2.75, 3.05) is 11.1 Å². The molecule has 0 saturated heterocycles. The van der Waals surface area contributed by atoms with E-state index in [9.17, 15) is 14.0 Å². The van der Waals surface area contributed by atoms with E-state index in [1.807, 2.05) is 0 Å². The summed E-state index contributed by atoms with van der Waals surface area (Å²) < 4.78 is 18.0. The fraction of sp³-hybridized carbons (Fsp3) is 0.150. The zero-order chi connectivity index (χ0) is 21.5. The van der Waals surface area contributed by atoms with E-state index < -0.39 is 11.8 Å². The largest absolute Gasteiger partial charge is 0.457 e. The monoisotopic (exact) mass is 429 g/mol. The van der Waals surface area contributed by atoms with Crippen molar-refractivity contribution in [3.8, 4) is 0 Å². The molecular formula is C20H17ClFN5O3. The zero-order valence-electron chi connectivity index (χ0n) is 15.6. The number of nitrogens with zero attached hydrogens (tertiary/aromatic N) is 3. The third kappa shape index (κ3) is 6.21. The molecule has 0 aliphatic heterocycles. The molecule has 0 saturated carbocycles. The molecule has 0 aliphatic carbocycles. The molecular weight excluding hydrogens is 413 g/mol. The number of hydrogen-bond acceptors (Lipinski definition) is 8. The van der Waals surface area contributed by atoms with Crippen molar-refractivity contribution in [1.29, 1.82) is 0 Å². The van der Waals surface area contributed by atoms with Gasteiger partial charge in [0.15, 0.2) is 18.2 Å². The highest BCUT2D eigenvalue weighted by molar-refractivity contribution is 6.30. The average molecular weight is 430 g/mol. The van der Waals surface area contributed by atoms with Crippen molar-refractivity contribution in [2.45, 2.75) is 19.4 Å². The lowest BCUT2D eigenvalue weighted by Crippen LogP contribution is -2.12. The Bertz CT molecular complexity index is 1050. The predicted octanol–water partition coefficient (Wildman–Crippen LogP) is 3.70. The van der Waals surface area contributed by atoms with Gasteiger partial charge in [-0.05, 0) is 48.5 Å². The fourth-order valence-electron chi connectivity index (χ4n) is 2.43. The maximum absolute atomic E-state index is 12.9. The number of nitrogens with one attached hydrogen (secondary N) is 1. The Kier molecular flexibility index (Phi) is 6.87. The van der Waals surface area contributed by atoms with Gasteiger partial charge in [0.2, 0.25) is 11.9 Å². The number of carbonyl (C=O) groups excluding carboxylic acids is 2. The Balaban J connectivity index is 1.52. The maximum atomic E-state index is 12.9. The number of esters is 1. The molecule has 0 unspecified atom stereocenters. The van der Waals surface area contributed by atoms with E-state index >= 15 is 0 Å². The molecule has 10 heteroatoms. The molecule has 3 aromatic rings. The molecule has 1 aromatic heterocycles. The first-order valence-electron chi connectivity index (χ1n) is 8.86. The quantitative estimate of drug-likeness (QED) is 0.411. The van der Waals surface area contributed by atoms with Crippen molar-refractivity contribution >= 4 is 40.9 Å². The van der Waals surface area contributed by atoms with Crippen LogP contribution >= 0.6 is 11.6 Å². The second-order valence-corrected chi connectivity index (χ2v) is 6.59. The normalized spacial score (nSPS) is 10.5. The van der Waals surface area contributed by atoms with Crippen LogP contribution in [0.25, 0.3) is 0 Å². The summed E-state index contributed by atoms with van der Waals surface area (Å²) in [5, 5.41) is 3.53. The van der Waals surface area contributed by atoms with Gasteiger partial charge in [0.25, 0.3) is 0 Å². The number of halogens is 2. The Morgan fingerprint density at radius 3 is 2.40 bits per heavy atom. The first-order valence-corrected chi connectivity index (χ1v) is 9.24. The summed E-state index contributed by atoms with van der Waals surface area (Å²) in [6.45, 7) is -0.231. The number of Topliss-reactive ketones (excluding diaryl/α,β-unsaturated/α-hetero) is 1. The average Bonchev–Trinajstić information content (AvgIpc) is 2.72. The van der Waals surface area contributed by atoms with Gasteiger partial charge in [-0.1, -0.05) is 11.6 Å². The number of benzene rings is 2. The van der Waals surface area contributed by atoms with Gasteiger partial charge >= 0.3 is 5.97 Å². The van der Waals surface area contributed by atoms with Crippen molar-refractivity contribution < 1.29 is 18.7 Å². The van der Waals surface area contributed by atoms with E-state index in [2.05, 4.69) is 20.3 Å². The van der Waals surface area contributed by atoms with Crippen LogP contribution in [-0.4, -0.2) is 26.7 Å². The van der Waals surface area contributed by atoms with Gasteiger partial charge < -0.3 is 15.8 Å². The number of rotatable bonds is 8. The van der Waals surface area contributed by atoms with Crippen LogP contribution in [0.2, 0.25) is 5.02 Å². The third-order valence-corrected chi connectivity index (χ3v) is 4.14. The van der Waals surface area contributed by atoms with Crippen LogP contribution in [0.4, 0.5) is 22.0 Å². The van der Waals surface area contributed by atoms with E-state index in [1.165, 1.54) is 24.3 Å². The number of hydrogen-bond donors (Lipinski definition) is 2. The summed E-state index contributed by atoms with van der Waals surface area (Å²) >= 11 is 5.85.